The predicted molar refractivity (Wildman–Crippen MR) is 68.8 cm³/mol. The van der Waals surface area contributed by atoms with Crippen LogP contribution in [0.15, 0.2) is 23.0 Å². The average molecular weight is 235 g/mol. The van der Waals surface area contributed by atoms with E-state index in [1.807, 2.05) is 32.0 Å². The SMILES string of the molecule is CC(C)n1c(=O)[nH]c2c(C(N)=S)cccc21. The van der Waals surface area contributed by atoms with Crippen LogP contribution in [0, 0.1) is 0 Å². The molecular formula is C11H13N3OS. The van der Waals surface area contributed by atoms with Gasteiger partial charge in [-0.15, -0.1) is 0 Å². The number of para-hydroxylation sites is 1. The van der Waals surface area contributed by atoms with Gasteiger partial charge in [-0.05, 0) is 26.0 Å². The fourth-order valence-electron chi connectivity index (χ4n) is 1.87. The van der Waals surface area contributed by atoms with E-state index in [4.69, 9.17) is 18.0 Å². The van der Waals surface area contributed by atoms with Crippen LogP contribution in [0.3, 0.4) is 0 Å². The number of nitrogens with two attached hydrogens (primary N) is 1. The maximum Gasteiger partial charge on any atom is 0.326 e. The summed E-state index contributed by atoms with van der Waals surface area (Å²) >= 11 is 4.95. The first kappa shape index (κ1) is 10.9. The fraction of sp³-hybridized carbons (Fsp3) is 0.273. The van der Waals surface area contributed by atoms with Crippen LogP contribution < -0.4 is 11.4 Å². The lowest BCUT2D eigenvalue weighted by Crippen LogP contribution is -2.18. The number of aromatic nitrogens is 2. The summed E-state index contributed by atoms with van der Waals surface area (Å²) in [6, 6.07) is 5.64. The first-order chi connectivity index (χ1) is 7.52. The van der Waals surface area contributed by atoms with E-state index in [0.717, 1.165) is 5.52 Å². The van der Waals surface area contributed by atoms with Gasteiger partial charge in [0.1, 0.15) is 4.99 Å². The van der Waals surface area contributed by atoms with Crippen molar-refractivity contribution in [2.24, 2.45) is 5.73 Å². The van der Waals surface area contributed by atoms with Gasteiger partial charge in [0.05, 0.1) is 11.0 Å². The second-order valence-electron chi connectivity index (χ2n) is 3.96. The molecule has 0 spiro atoms. The fourth-order valence-corrected chi connectivity index (χ4v) is 2.04. The van der Waals surface area contributed by atoms with Crippen molar-refractivity contribution in [2.75, 3.05) is 0 Å². The Morgan fingerprint density at radius 1 is 1.50 bits per heavy atom. The number of benzene rings is 1. The molecule has 5 heteroatoms. The molecule has 0 aliphatic carbocycles. The zero-order valence-corrected chi connectivity index (χ0v) is 9.97. The number of nitrogens with one attached hydrogen (secondary N) is 1. The Hall–Kier alpha value is -1.62. The van der Waals surface area contributed by atoms with Crippen molar-refractivity contribution in [2.45, 2.75) is 19.9 Å². The van der Waals surface area contributed by atoms with Gasteiger partial charge in [0.25, 0.3) is 0 Å². The molecule has 1 aromatic carbocycles. The number of imidazole rings is 1. The van der Waals surface area contributed by atoms with E-state index < -0.39 is 0 Å². The summed E-state index contributed by atoms with van der Waals surface area (Å²) in [5, 5.41) is 0. The summed E-state index contributed by atoms with van der Waals surface area (Å²) in [5.41, 5.74) is 7.75. The van der Waals surface area contributed by atoms with Gasteiger partial charge in [-0.3, -0.25) is 4.57 Å². The van der Waals surface area contributed by atoms with Crippen LogP contribution in [0.4, 0.5) is 0 Å². The highest BCUT2D eigenvalue weighted by Crippen LogP contribution is 2.18. The summed E-state index contributed by atoms with van der Waals surface area (Å²) in [6.07, 6.45) is 0. The van der Waals surface area contributed by atoms with Gasteiger partial charge in [-0.2, -0.15) is 0 Å². The molecular weight excluding hydrogens is 222 g/mol. The van der Waals surface area contributed by atoms with Crippen molar-refractivity contribution in [3.63, 3.8) is 0 Å². The lowest BCUT2D eigenvalue weighted by atomic mass is 10.2. The van der Waals surface area contributed by atoms with Gasteiger partial charge in [0, 0.05) is 11.6 Å². The molecule has 16 heavy (non-hydrogen) atoms. The number of nitrogens with zero attached hydrogens (tertiary/aromatic N) is 1. The first-order valence-corrected chi connectivity index (χ1v) is 5.46. The number of rotatable bonds is 2. The zero-order chi connectivity index (χ0) is 11.9. The van der Waals surface area contributed by atoms with Crippen molar-refractivity contribution in [1.82, 2.24) is 9.55 Å². The topological polar surface area (TPSA) is 63.8 Å². The minimum Gasteiger partial charge on any atom is -0.389 e. The summed E-state index contributed by atoms with van der Waals surface area (Å²) in [6.45, 7) is 3.92. The molecule has 0 atom stereocenters. The molecule has 2 aromatic rings. The summed E-state index contributed by atoms with van der Waals surface area (Å²) in [4.78, 5) is 14.9. The first-order valence-electron chi connectivity index (χ1n) is 5.05. The molecule has 1 aromatic heterocycles. The number of H-pyrrole nitrogens is 1. The highest BCUT2D eigenvalue weighted by molar-refractivity contribution is 7.80. The second-order valence-corrected chi connectivity index (χ2v) is 4.40. The summed E-state index contributed by atoms with van der Waals surface area (Å²) in [7, 11) is 0. The van der Waals surface area contributed by atoms with Crippen LogP contribution in [-0.4, -0.2) is 14.5 Å². The highest BCUT2D eigenvalue weighted by Gasteiger charge is 2.12. The van der Waals surface area contributed by atoms with Crippen LogP contribution in [0.25, 0.3) is 11.0 Å². The Labute approximate surface area is 98.1 Å². The maximum absolute atomic E-state index is 11.8. The van der Waals surface area contributed by atoms with E-state index in [0.29, 0.717) is 16.1 Å². The maximum atomic E-state index is 11.8. The van der Waals surface area contributed by atoms with Crippen molar-refractivity contribution in [3.05, 3.63) is 34.2 Å². The number of hydrogen-bond donors (Lipinski definition) is 2. The number of aromatic amines is 1. The lowest BCUT2D eigenvalue weighted by Gasteiger charge is -2.07. The van der Waals surface area contributed by atoms with Gasteiger partial charge in [0.15, 0.2) is 0 Å². The van der Waals surface area contributed by atoms with Crippen molar-refractivity contribution in [3.8, 4) is 0 Å². The van der Waals surface area contributed by atoms with E-state index in [2.05, 4.69) is 4.98 Å². The standard InChI is InChI=1S/C11H13N3OS/c1-6(2)14-8-5-3-4-7(10(12)16)9(8)13-11(14)15/h3-6H,1-2H3,(H2,12,16)(H,13,15). The lowest BCUT2D eigenvalue weighted by molar-refractivity contribution is 0.598. The summed E-state index contributed by atoms with van der Waals surface area (Å²) < 4.78 is 1.69. The van der Waals surface area contributed by atoms with Gasteiger partial charge >= 0.3 is 5.69 Å². The second kappa shape index (κ2) is 3.75. The molecule has 0 aliphatic heterocycles. The van der Waals surface area contributed by atoms with Crippen molar-refractivity contribution in [1.29, 1.82) is 0 Å². The molecule has 0 bridgehead atoms. The van der Waals surface area contributed by atoms with Gasteiger partial charge in [-0.1, -0.05) is 18.3 Å². The zero-order valence-electron chi connectivity index (χ0n) is 9.15. The van der Waals surface area contributed by atoms with E-state index in [-0.39, 0.29) is 11.7 Å². The molecule has 2 rings (SSSR count). The third-order valence-corrected chi connectivity index (χ3v) is 2.75. The van der Waals surface area contributed by atoms with E-state index in [9.17, 15) is 4.79 Å². The monoisotopic (exact) mass is 235 g/mol. The van der Waals surface area contributed by atoms with Gasteiger partial charge < -0.3 is 10.7 Å². The Balaban J connectivity index is 2.88. The van der Waals surface area contributed by atoms with Gasteiger partial charge in [0.2, 0.25) is 0 Å². The molecule has 84 valence electrons. The molecule has 0 amide bonds. The molecule has 0 fully saturated rings. The molecule has 0 radical (unpaired) electrons. The van der Waals surface area contributed by atoms with Crippen LogP contribution in [-0.2, 0) is 0 Å². The van der Waals surface area contributed by atoms with Crippen LogP contribution >= 0.6 is 12.2 Å². The Kier molecular flexibility index (Phi) is 2.55. The summed E-state index contributed by atoms with van der Waals surface area (Å²) in [5.74, 6) is 0. The molecule has 0 saturated heterocycles. The third kappa shape index (κ3) is 1.53. The molecule has 0 saturated carbocycles. The minimum absolute atomic E-state index is 0.0999. The molecule has 1 heterocycles. The number of fused-ring (bicyclic) bond motifs is 1. The van der Waals surface area contributed by atoms with Crippen LogP contribution in [0.5, 0.6) is 0 Å². The van der Waals surface area contributed by atoms with E-state index in [1.54, 1.807) is 4.57 Å². The Bertz CT molecular complexity index is 609. The largest absolute Gasteiger partial charge is 0.389 e. The molecule has 0 unspecified atom stereocenters. The quantitative estimate of drug-likeness (QED) is 0.776. The molecule has 0 aliphatic rings. The van der Waals surface area contributed by atoms with Crippen LogP contribution in [0.2, 0.25) is 0 Å². The van der Waals surface area contributed by atoms with Crippen molar-refractivity contribution < 1.29 is 0 Å². The Morgan fingerprint density at radius 2 is 2.19 bits per heavy atom. The van der Waals surface area contributed by atoms with E-state index >= 15 is 0 Å². The number of thiocarbonyl (C=S) groups is 1. The van der Waals surface area contributed by atoms with Gasteiger partial charge in [-0.25, -0.2) is 4.79 Å². The molecule has 3 N–H and O–H groups in total. The predicted octanol–water partition coefficient (Wildman–Crippen LogP) is 1.54. The molecule has 4 nitrogen and oxygen atoms in total. The average Bonchev–Trinajstić information content (AvgIpc) is 2.52. The highest BCUT2D eigenvalue weighted by atomic mass is 32.1. The Morgan fingerprint density at radius 3 is 2.75 bits per heavy atom. The normalized spacial score (nSPS) is 11.2. The number of hydrogen-bond acceptors (Lipinski definition) is 2. The third-order valence-electron chi connectivity index (χ3n) is 2.53. The van der Waals surface area contributed by atoms with E-state index in [1.165, 1.54) is 0 Å². The minimum atomic E-state index is -0.131. The smallest absolute Gasteiger partial charge is 0.326 e. The van der Waals surface area contributed by atoms with Crippen molar-refractivity contribution >= 4 is 28.2 Å². The van der Waals surface area contributed by atoms with Crippen LogP contribution in [0.1, 0.15) is 25.5 Å².